The van der Waals surface area contributed by atoms with Crippen molar-refractivity contribution >= 4 is 23.4 Å². The van der Waals surface area contributed by atoms with E-state index in [1.54, 1.807) is 0 Å². The summed E-state index contributed by atoms with van der Waals surface area (Å²) in [6.07, 6.45) is -0.530. The number of nitrogens with zero attached hydrogens (tertiary/aromatic N) is 1. The number of carbonyl (C=O) groups is 3. The van der Waals surface area contributed by atoms with Crippen molar-refractivity contribution in [1.82, 2.24) is 10.2 Å². The predicted octanol–water partition coefficient (Wildman–Crippen LogP) is -0.0366. The second kappa shape index (κ2) is 6.61. The number of anilines is 1. The zero-order valence-electron chi connectivity index (χ0n) is 15.6. The van der Waals surface area contributed by atoms with Crippen molar-refractivity contribution in [3.05, 3.63) is 29.6 Å². The van der Waals surface area contributed by atoms with Crippen LogP contribution in [0.4, 0.5) is 10.1 Å². The fraction of sp³-hybridized carbons (Fsp3) is 0.526. The van der Waals surface area contributed by atoms with E-state index in [2.05, 4.69) is 10.6 Å². The van der Waals surface area contributed by atoms with Gasteiger partial charge in [-0.3, -0.25) is 24.6 Å². The number of imide groups is 1. The van der Waals surface area contributed by atoms with Crippen molar-refractivity contribution < 1.29 is 28.6 Å². The highest BCUT2D eigenvalue weighted by Gasteiger charge is 2.71. The maximum absolute atomic E-state index is 14.0. The molecule has 5 atom stereocenters. The Morgan fingerprint density at radius 3 is 2.75 bits per heavy atom. The van der Waals surface area contributed by atoms with E-state index in [1.807, 2.05) is 0 Å². The van der Waals surface area contributed by atoms with E-state index in [-0.39, 0.29) is 12.1 Å². The number of methoxy groups -OCH3 is 1. The molecule has 8 nitrogen and oxygen atoms in total. The zero-order valence-corrected chi connectivity index (χ0v) is 15.6. The molecule has 3 N–H and O–H groups in total. The zero-order chi connectivity index (χ0) is 20.2. The lowest BCUT2D eigenvalue weighted by Gasteiger charge is -2.30. The number of halogens is 1. The molecule has 3 unspecified atom stereocenters. The number of likely N-dealkylation sites (tertiary alicyclic amines) is 1. The third-order valence-electron chi connectivity index (χ3n) is 5.95. The summed E-state index contributed by atoms with van der Waals surface area (Å²) >= 11 is 0. The van der Waals surface area contributed by atoms with E-state index in [1.165, 1.54) is 32.2 Å². The van der Waals surface area contributed by atoms with Gasteiger partial charge >= 0.3 is 0 Å². The minimum absolute atomic E-state index is 0.165. The molecule has 2 saturated heterocycles. The topological polar surface area (TPSA) is 108 Å². The Kier molecular flexibility index (Phi) is 4.48. The number of rotatable bonds is 5. The smallest absolute Gasteiger partial charge is 0.250 e. The van der Waals surface area contributed by atoms with Gasteiger partial charge in [0, 0.05) is 37.6 Å². The molecule has 0 aliphatic carbocycles. The van der Waals surface area contributed by atoms with Crippen molar-refractivity contribution in [2.24, 2.45) is 11.8 Å². The van der Waals surface area contributed by atoms with Crippen molar-refractivity contribution in [2.45, 2.75) is 31.0 Å². The molecule has 0 saturated carbocycles. The van der Waals surface area contributed by atoms with Gasteiger partial charge in [0.2, 0.25) is 17.7 Å². The summed E-state index contributed by atoms with van der Waals surface area (Å²) in [7, 11) is 1.53. The van der Waals surface area contributed by atoms with Gasteiger partial charge in [0.25, 0.3) is 0 Å². The van der Waals surface area contributed by atoms with E-state index in [9.17, 15) is 23.9 Å². The molecular weight excluding hydrogens is 369 g/mol. The Labute approximate surface area is 161 Å². The van der Waals surface area contributed by atoms with E-state index >= 15 is 0 Å². The second-order valence-corrected chi connectivity index (χ2v) is 7.54. The molecule has 1 spiro atoms. The standard InChI is InChI=1S/C19H22FN3O5/c1-9(24)15-13-14(17(26)23(16(13)25)6-3-7-28-2)19(22-15)11-8-10(20)4-5-12(11)21-18(19)27/h4-5,8-9,13-15,22,24H,3,6-7H2,1-2H3,(H,21,27)/t9?,13-,14-,15?,19?/m1/s1. The quantitative estimate of drug-likeness (QED) is 0.480. The lowest BCUT2D eigenvalue weighted by molar-refractivity contribution is -0.143. The average molecular weight is 391 g/mol. The number of aliphatic hydroxyl groups excluding tert-OH is 1. The van der Waals surface area contributed by atoms with Crippen LogP contribution in [0.15, 0.2) is 18.2 Å². The number of hydrogen-bond acceptors (Lipinski definition) is 6. The fourth-order valence-electron chi connectivity index (χ4n) is 4.77. The van der Waals surface area contributed by atoms with E-state index in [4.69, 9.17) is 4.74 Å². The first-order chi connectivity index (χ1) is 13.3. The maximum Gasteiger partial charge on any atom is 0.250 e. The highest BCUT2D eigenvalue weighted by molar-refractivity contribution is 6.15. The molecule has 3 aliphatic rings. The van der Waals surface area contributed by atoms with Crippen LogP contribution in [-0.4, -0.2) is 60.1 Å². The van der Waals surface area contributed by atoms with Crippen LogP contribution in [0.2, 0.25) is 0 Å². The number of nitrogens with one attached hydrogen (secondary N) is 2. The minimum atomic E-state index is -1.59. The summed E-state index contributed by atoms with van der Waals surface area (Å²) in [5, 5.41) is 16.0. The van der Waals surface area contributed by atoms with Crippen LogP contribution >= 0.6 is 0 Å². The predicted molar refractivity (Wildman–Crippen MR) is 95.5 cm³/mol. The Hall–Kier alpha value is -2.36. The summed E-state index contributed by atoms with van der Waals surface area (Å²) in [4.78, 5) is 40.4. The Bertz CT molecular complexity index is 860. The average Bonchev–Trinajstić information content (AvgIpc) is 3.23. The summed E-state index contributed by atoms with van der Waals surface area (Å²) in [5.41, 5.74) is -0.913. The van der Waals surface area contributed by atoms with Gasteiger partial charge in [-0.2, -0.15) is 0 Å². The van der Waals surface area contributed by atoms with Gasteiger partial charge in [0.05, 0.1) is 17.9 Å². The Morgan fingerprint density at radius 2 is 2.07 bits per heavy atom. The molecule has 1 aromatic rings. The third-order valence-corrected chi connectivity index (χ3v) is 5.95. The highest BCUT2D eigenvalue weighted by Crippen LogP contribution is 2.53. The van der Waals surface area contributed by atoms with Gasteiger partial charge in [-0.05, 0) is 31.5 Å². The molecule has 3 amide bonds. The van der Waals surface area contributed by atoms with Crippen LogP contribution in [-0.2, 0) is 24.7 Å². The monoisotopic (exact) mass is 391 g/mol. The summed E-state index contributed by atoms with van der Waals surface area (Å²) < 4.78 is 19.0. The fourth-order valence-corrected chi connectivity index (χ4v) is 4.77. The maximum atomic E-state index is 14.0. The van der Waals surface area contributed by atoms with Gasteiger partial charge in [-0.1, -0.05) is 0 Å². The molecule has 28 heavy (non-hydrogen) atoms. The molecule has 0 bridgehead atoms. The van der Waals surface area contributed by atoms with Crippen molar-refractivity contribution in [3.8, 4) is 0 Å². The molecule has 2 fully saturated rings. The number of aliphatic hydroxyl groups is 1. The first kappa shape index (κ1) is 19.0. The van der Waals surface area contributed by atoms with Crippen LogP contribution in [0.3, 0.4) is 0 Å². The van der Waals surface area contributed by atoms with E-state index in [0.717, 1.165) is 4.90 Å². The van der Waals surface area contributed by atoms with Crippen LogP contribution in [0.25, 0.3) is 0 Å². The van der Waals surface area contributed by atoms with Crippen molar-refractivity contribution in [1.29, 1.82) is 0 Å². The van der Waals surface area contributed by atoms with Gasteiger partial charge in [0.1, 0.15) is 11.4 Å². The van der Waals surface area contributed by atoms with Gasteiger partial charge in [0.15, 0.2) is 0 Å². The summed E-state index contributed by atoms with van der Waals surface area (Å²) in [6.45, 7) is 2.04. The van der Waals surface area contributed by atoms with Crippen LogP contribution < -0.4 is 10.6 Å². The molecule has 1 aromatic carbocycles. The van der Waals surface area contributed by atoms with Crippen molar-refractivity contribution in [3.63, 3.8) is 0 Å². The normalized spacial score (nSPS) is 32.1. The number of ether oxygens (including phenoxy) is 1. The Morgan fingerprint density at radius 1 is 1.32 bits per heavy atom. The van der Waals surface area contributed by atoms with Crippen LogP contribution in [0.1, 0.15) is 18.9 Å². The summed E-state index contributed by atoms with van der Waals surface area (Å²) in [5.74, 6) is -3.96. The molecule has 9 heteroatoms. The number of hydrogen-bond donors (Lipinski definition) is 3. The summed E-state index contributed by atoms with van der Waals surface area (Å²) in [6, 6.07) is 3.04. The first-order valence-corrected chi connectivity index (χ1v) is 9.24. The molecule has 3 heterocycles. The number of fused-ring (bicyclic) bond motifs is 4. The Balaban J connectivity index is 1.81. The number of benzene rings is 1. The first-order valence-electron chi connectivity index (χ1n) is 9.24. The lowest BCUT2D eigenvalue weighted by Crippen LogP contribution is -2.54. The third kappa shape index (κ3) is 2.43. The molecule has 3 aliphatic heterocycles. The lowest BCUT2D eigenvalue weighted by atomic mass is 9.76. The van der Waals surface area contributed by atoms with Gasteiger partial charge < -0.3 is 15.2 Å². The van der Waals surface area contributed by atoms with Gasteiger partial charge in [-0.15, -0.1) is 0 Å². The van der Waals surface area contributed by atoms with Crippen LogP contribution in [0, 0.1) is 17.7 Å². The number of amides is 3. The second-order valence-electron chi connectivity index (χ2n) is 7.54. The molecule has 0 aromatic heterocycles. The molecular formula is C19H22FN3O5. The molecule has 4 rings (SSSR count). The van der Waals surface area contributed by atoms with Crippen LogP contribution in [0.5, 0.6) is 0 Å². The highest BCUT2D eigenvalue weighted by atomic mass is 19.1. The number of carbonyl (C=O) groups excluding carboxylic acids is 3. The van der Waals surface area contributed by atoms with Crippen molar-refractivity contribution in [2.75, 3.05) is 25.6 Å². The van der Waals surface area contributed by atoms with Gasteiger partial charge in [-0.25, -0.2) is 4.39 Å². The molecule has 0 radical (unpaired) electrons. The van der Waals surface area contributed by atoms with E-state index < -0.39 is 53.1 Å². The largest absolute Gasteiger partial charge is 0.392 e. The SMILES string of the molecule is COCCCN1C(=O)[C@H]2C(C(C)O)NC3(C(=O)Nc4ccc(F)cc43)[C@H]2C1=O. The van der Waals surface area contributed by atoms with E-state index in [0.29, 0.717) is 18.7 Å². The molecule has 150 valence electrons. The minimum Gasteiger partial charge on any atom is -0.392 e.